The van der Waals surface area contributed by atoms with Gasteiger partial charge in [-0.2, -0.15) is 0 Å². The molecule has 0 saturated heterocycles. The van der Waals surface area contributed by atoms with Gasteiger partial charge < -0.3 is 9.47 Å². The third kappa shape index (κ3) is 6.09. The van der Waals surface area contributed by atoms with Gasteiger partial charge in [0.05, 0.1) is 12.1 Å². The van der Waals surface area contributed by atoms with E-state index in [0.717, 1.165) is 38.5 Å². The molecule has 4 rings (SSSR count). The molecule has 0 aliphatic carbocycles. The fourth-order valence-corrected chi connectivity index (χ4v) is 4.21. The van der Waals surface area contributed by atoms with Crippen molar-refractivity contribution in [3.8, 4) is 0 Å². The van der Waals surface area contributed by atoms with Gasteiger partial charge in [-0.15, -0.1) is 0 Å². The summed E-state index contributed by atoms with van der Waals surface area (Å²) in [7, 11) is 0. The van der Waals surface area contributed by atoms with Crippen LogP contribution in [0.15, 0.2) is 70.6 Å². The number of nitrogens with zero attached hydrogens (tertiary/aromatic N) is 2. The molecule has 0 fully saturated rings. The molecule has 0 aromatic heterocycles. The van der Waals surface area contributed by atoms with Crippen molar-refractivity contribution in [3.63, 3.8) is 0 Å². The highest BCUT2D eigenvalue weighted by atomic mass is 16.5. The first-order chi connectivity index (χ1) is 15.2. The second-order valence-electron chi connectivity index (χ2n) is 8.53. The monoisotopic (exact) mass is 419 g/mol. The predicted molar refractivity (Wildman–Crippen MR) is 125 cm³/mol. The van der Waals surface area contributed by atoms with Crippen LogP contribution in [0.1, 0.15) is 50.7 Å². The normalized spacial score (nSPS) is 24.8. The van der Waals surface area contributed by atoms with Gasteiger partial charge in [0.15, 0.2) is 0 Å². The maximum atomic E-state index is 5.93. The Kier molecular flexibility index (Phi) is 7.23. The molecule has 0 amide bonds. The molecule has 1 N–H and O–H groups in total. The highest BCUT2D eigenvalue weighted by molar-refractivity contribution is 5.94. The van der Waals surface area contributed by atoms with Crippen LogP contribution < -0.4 is 5.32 Å². The minimum atomic E-state index is 0.0689. The zero-order valence-corrected chi connectivity index (χ0v) is 18.5. The highest BCUT2D eigenvalue weighted by Crippen LogP contribution is 2.21. The van der Waals surface area contributed by atoms with E-state index in [0.29, 0.717) is 12.0 Å². The first-order valence-electron chi connectivity index (χ1n) is 11.5. The van der Waals surface area contributed by atoms with E-state index in [-0.39, 0.29) is 24.3 Å². The summed E-state index contributed by atoms with van der Waals surface area (Å²) in [5.41, 5.74) is 2.75. The molecule has 2 heterocycles. The lowest BCUT2D eigenvalue weighted by Gasteiger charge is -2.13. The number of rotatable bonds is 8. The molecule has 4 unspecified atom stereocenters. The van der Waals surface area contributed by atoms with Crippen LogP contribution in [0.25, 0.3) is 0 Å². The quantitative estimate of drug-likeness (QED) is 0.662. The average Bonchev–Trinajstić information content (AvgIpc) is 3.31. The number of ether oxygens (including phenoxy) is 2. The molecular formula is C26H33N3O2. The summed E-state index contributed by atoms with van der Waals surface area (Å²) in [6.07, 6.45) is 6.48. The van der Waals surface area contributed by atoms with E-state index in [1.54, 1.807) is 0 Å². The van der Waals surface area contributed by atoms with Gasteiger partial charge >= 0.3 is 0 Å². The fourth-order valence-electron chi connectivity index (χ4n) is 4.21. The number of aliphatic imine (C=N–C) groups is 2. The van der Waals surface area contributed by atoms with Gasteiger partial charge in [0.1, 0.15) is 12.2 Å². The van der Waals surface area contributed by atoms with Gasteiger partial charge in [-0.3, -0.25) is 5.32 Å². The van der Waals surface area contributed by atoms with E-state index in [1.807, 2.05) is 0 Å². The summed E-state index contributed by atoms with van der Waals surface area (Å²) < 4.78 is 11.9. The van der Waals surface area contributed by atoms with E-state index in [4.69, 9.17) is 19.5 Å². The third-order valence-electron chi connectivity index (χ3n) is 6.08. The molecule has 2 aromatic carbocycles. The van der Waals surface area contributed by atoms with Gasteiger partial charge in [-0.25, -0.2) is 9.98 Å². The van der Waals surface area contributed by atoms with Crippen LogP contribution in [-0.4, -0.2) is 36.3 Å². The number of amidine groups is 2. The predicted octanol–water partition coefficient (Wildman–Crippen LogP) is 4.91. The SMILES string of the molecule is CC1OC(NC2=NC(CCCc3ccccc3)C(C)O2)=NC1CCCc1ccccc1. The van der Waals surface area contributed by atoms with Crippen molar-refractivity contribution in [1.29, 1.82) is 0 Å². The van der Waals surface area contributed by atoms with Crippen molar-refractivity contribution in [3.05, 3.63) is 71.8 Å². The minimum Gasteiger partial charge on any atom is -0.460 e. The summed E-state index contributed by atoms with van der Waals surface area (Å²) in [5.74, 6) is 0. The van der Waals surface area contributed by atoms with Crippen LogP contribution in [-0.2, 0) is 22.3 Å². The largest absolute Gasteiger partial charge is 0.460 e. The molecule has 2 aliphatic heterocycles. The minimum absolute atomic E-state index is 0.0689. The summed E-state index contributed by atoms with van der Waals surface area (Å²) in [6.45, 7) is 4.16. The summed E-state index contributed by atoms with van der Waals surface area (Å²) in [5, 5.41) is 3.17. The Morgan fingerprint density at radius 2 is 1.10 bits per heavy atom. The topological polar surface area (TPSA) is 55.2 Å². The molecular weight excluding hydrogens is 386 g/mol. The number of nitrogens with one attached hydrogen (secondary N) is 1. The summed E-state index contributed by atoms with van der Waals surface area (Å²) in [4.78, 5) is 9.48. The lowest BCUT2D eigenvalue weighted by molar-refractivity contribution is 0.189. The van der Waals surface area contributed by atoms with Crippen LogP contribution in [0.2, 0.25) is 0 Å². The second-order valence-corrected chi connectivity index (χ2v) is 8.53. The van der Waals surface area contributed by atoms with Crippen LogP contribution in [0, 0.1) is 0 Å². The summed E-state index contributed by atoms with van der Waals surface area (Å²) >= 11 is 0. The van der Waals surface area contributed by atoms with E-state index in [2.05, 4.69) is 79.8 Å². The molecule has 5 heteroatoms. The van der Waals surface area contributed by atoms with E-state index >= 15 is 0 Å². The molecule has 0 saturated carbocycles. The Balaban J connectivity index is 1.23. The number of hydrogen-bond donors (Lipinski definition) is 1. The molecule has 5 nitrogen and oxygen atoms in total. The lowest BCUT2D eigenvalue weighted by atomic mass is 10.0. The van der Waals surface area contributed by atoms with Crippen molar-refractivity contribution in [1.82, 2.24) is 5.32 Å². The first-order valence-corrected chi connectivity index (χ1v) is 11.5. The van der Waals surface area contributed by atoms with Gasteiger partial charge in [-0.1, -0.05) is 60.7 Å². The second kappa shape index (κ2) is 10.5. The molecule has 164 valence electrons. The van der Waals surface area contributed by atoms with Crippen LogP contribution in [0.5, 0.6) is 0 Å². The fraction of sp³-hybridized carbons (Fsp3) is 0.462. The smallest absolute Gasteiger partial charge is 0.293 e. The Morgan fingerprint density at radius 1 is 0.677 bits per heavy atom. The molecule has 0 bridgehead atoms. The molecule has 0 spiro atoms. The highest BCUT2D eigenvalue weighted by Gasteiger charge is 2.31. The third-order valence-corrected chi connectivity index (χ3v) is 6.08. The first kappa shape index (κ1) is 21.4. The Hall–Kier alpha value is -2.82. The van der Waals surface area contributed by atoms with E-state index in [1.165, 1.54) is 11.1 Å². The molecule has 4 atom stereocenters. The number of benzene rings is 2. The van der Waals surface area contributed by atoms with Crippen LogP contribution >= 0.6 is 0 Å². The average molecular weight is 420 g/mol. The standard InChI is InChI=1S/C26H33N3O2/c1-19-23(17-9-15-21-11-5-3-6-12-21)27-25(30-19)29-26-28-24(20(2)31-26)18-10-16-22-13-7-4-8-14-22/h3-8,11-14,19-20,23-24H,9-10,15-18H2,1-2H3,(H,27,28,29). The maximum absolute atomic E-state index is 5.93. The van der Waals surface area contributed by atoms with Crippen molar-refractivity contribution >= 4 is 12.0 Å². The lowest BCUT2D eigenvalue weighted by Crippen LogP contribution is -2.32. The maximum Gasteiger partial charge on any atom is 0.293 e. The van der Waals surface area contributed by atoms with Crippen LogP contribution in [0.3, 0.4) is 0 Å². The van der Waals surface area contributed by atoms with Crippen LogP contribution in [0.4, 0.5) is 0 Å². The van der Waals surface area contributed by atoms with Gasteiger partial charge in [-0.05, 0) is 63.5 Å². The summed E-state index contributed by atoms with van der Waals surface area (Å²) in [6, 6.07) is 22.6. The molecule has 2 aliphatic rings. The van der Waals surface area contributed by atoms with Crippen molar-refractivity contribution < 1.29 is 9.47 Å². The van der Waals surface area contributed by atoms with Crippen molar-refractivity contribution in [2.45, 2.75) is 76.7 Å². The number of hydrogen-bond acceptors (Lipinski definition) is 5. The van der Waals surface area contributed by atoms with Gasteiger partial charge in [0.2, 0.25) is 0 Å². The Bertz CT molecular complexity index is 809. The zero-order valence-electron chi connectivity index (χ0n) is 18.5. The van der Waals surface area contributed by atoms with E-state index < -0.39 is 0 Å². The van der Waals surface area contributed by atoms with Crippen molar-refractivity contribution in [2.75, 3.05) is 0 Å². The Morgan fingerprint density at radius 3 is 1.52 bits per heavy atom. The Labute approximate surface area is 185 Å². The molecule has 31 heavy (non-hydrogen) atoms. The molecule has 0 radical (unpaired) electrons. The van der Waals surface area contributed by atoms with Gasteiger partial charge in [0, 0.05) is 0 Å². The van der Waals surface area contributed by atoms with Gasteiger partial charge in [0.25, 0.3) is 12.0 Å². The van der Waals surface area contributed by atoms with Crippen molar-refractivity contribution in [2.24, 2.45) is 9.98 Å². The number of aryl methyl sites for hydroxylation is 2. The molecule has 2 aromatic rings. The van der Waals surface area contributed by atoms with E-state index in [9.17, 15) is 0 Å². The zero-order chi connectivity index (χ0) is 21.5.